The zero-order chi connectivity index (χ0) is 15.3. The van der Waals surface area contributed by atoms with Gasteiger partial charge in [-0.3, -0.25) is 9.59 Å². The average Bonchev–Trinajstić information content (AvgIpc) is 2.37. The molecular formula is C14H24N2O4. The molecule has 0 aromatic rings. The largest absolute Gasteiger partial charge is 0.480 e. The van der Waals surface area contributed by atoms with Crippen LogP contribution in [0.4, 0.5) is 0 Å². The minimum absolute atomic E-state index is 0.0422. The van der Waals surface area contributed by atoms with Crippen LogP contribution >= 0.6 is 0 Å². The van der Waals surface area contributed by atoms with E-state index in [0.717, 1.165) is 6.42 Å². The molecule has 0 bridgehead atoms. The van der Waals surface area contributed by atoms with E-state index >= 15 is 0 Å². The number of hydrogen-bond acceptors (Lipinski definition) is 3. The minimum Gasteiger partial charge on any atom is -0.480 e. The lowest BCUT2D eigenvalue weighted by Gasteiger charge is -2.32. The van der Waals surface area contributed by atoms with E-state index in [-0.39, 0.29) is 23.7 Å². The molecule has 1 aliphatic heterocycles. The number of carboxylic acid groups (broad SMARTS) is 1. The van der Waals surface area contributed by atoms with Crippen LogP contribution in [0.1, 0.15) is 40.0 Å². The third-order valence-corrected chi connectivity index (χ3v) is 3.56. The van der Waals surface area contributed by atoms with Crippen molar-refractivity contribution in [3.05, 3.63) is 0 Å². The van der Waals surface area contributed by atoms with Crippen LogP contribution < -0.4 is 5.32 Å². The lowest BCUT2D eigenvalue weighted by Crippen LogP contribution is -2.49. The van der Waals surface area contributed by atoms with Crippen molar-refractivity contribution in [3.8, 4) is 0 Å². The fourth-order valence-electron chi connectivity index (χ4n) is 2.46. The summed E-state index contributed by atoms with van der Waals surface area (Å²) in [4.78, 5) is 36.3. The van der Waals surface area contributed by atoms with Gasteiger partial charge in [0, 0.05) is 20.0 Å². The molecule has 2 amide bonds. The van der Waals surface area contributed by atoms with Gasteiger partial charge in [-0.15, -0.1) is 0 Å². The fourth-order valence-corrected chi connectivity index (χ4v) is 2.46. The van der Waals surface area contributed by atoms with Crippen molar-refractivity contribution in [3.63, 3.8) is 0 Å². The standard InChI is InChI=1S/C14H24N2O4/c1-9(2)7-12(14(19)20)15-13(18)11-5-4-6-16(8-11)10(3)17/h9,11-12H,4-8H2,1-3H3,(H,15,18)(H,19,20). The van der Waals surface area contributed by atoms with Gasteiger partial charge in [-0.1, -0.05) is 13.8 Å². The van der Waals surface area contributed by atoms with E-state index in [4.69, 9.17) is 5.11 Å². The SMILES string of the molecule is CC(=O)N1CCCC(C(=O)NC(CC(C)C)C(=O)O)C1. The third kappa shape index (κ3) is 4.83. The van der Waals surface area contributed by atoms with Crippen LogP contribution in [0.15, 0.2) is 0 Å². The van der Waals surface area contributed by atoms with Crippen LogP contribution in [0.3, 0.4) is 0 Å². The molecule has 6 nitrogen and oxygen atoms in total. The maximum absolute atomic E-state index is 12.2. The lowest BCUT2D eigenvalue weighted by molar-refractivity contribution is -0.144. The molecule has 1 heterocycles. The van der Waals surface area contributed by atoms with Gasteiger partial charge in [-0.25, -0.2) is 4.79 Å². The van der Waals surface area contributed by atoms with Crippen molar-refractivity contribution in [2.24, 2.45) is 11.8 Å². The summed E-state index contributed by atoms with van der Waals surface area (Å²) >= 11 is 0. The second-order valence-electron chi connectivity index (χ2n) is 5.83. The summed E-state index contributed by atoms with van der Waals surface area (Å²) in [6.07, 6.45) is 1.88. The van der Waals surface area contributed by atoms with Crippen LogP contribution in [-0.4, -0.2) is 46.9 Å². The second-order valence-corrected chi connectivity index (χ2v) is 5.83. The van der Waals surface area contributed by atoms with E-state index in [2.05, 4.69) is 5.32 Å². The average molecular weight is 284 g/mol. The van der Waals surface area contributed by atoms with Crippen molar-refractivity contribution in [1.29, 1.82) is 0 Å². The van der Waals surface area contributed by atoms with Crippen LogP contribution in [0.2, 0.25) is 0 Å². The van der Waals surface area contributed by atoms with E-state index in [1.54, 1.807) is 4.90 Å². The Kier molecular flexibility index (Phi) is 5.98. The smallest absolute Gasteiger partial charge is 0.326 e. The van der Waals surface area contributed by atoms with Gasteiger partial charge in [0.25, 0.3) is 0 Å². The summed E-state index contributed by atoms with van der Waals surface area (Å²) in [5.41, 5.74) is 0. The van der Waals surface area contributed by atoms with Gasteiger partial charge < -0.3 is 15.3 Å². The Hall–Kier alpha value is -1.59. The number of piperidine rings is 1. The van der Waals surface area contributed by atoms with Gasteiger partial charge in [0.15, 0.2) is 0 Å². The number of carbonyl (C=O) groups is 3. The molecule has 1 aliphatic rings. The first-order chi connectivity index (χ1) is 9.31. The molecule has 6 heteroatoms. The molecule has 1 fully saturated rings. The summed E-state index contributed by atoms with van der Waals surface area (Å²) in [6, 6.07) is -0.852. The predicted octanol–water partition coefficient (Wildman–Crippen LogP) is 0.860. The first-order valence-corrected chi connectivity index (χ1v) is 7.10. The highest BCUT2D eigenvalue weighted by molar-refractivity contribution is 5.85. The lowest BCUT2D eigenvalue weighted by atomic mass is 9.96. The summed E-state index contributed by atoms with van der Waals surface area (Å²) in [7, 11) is 0. The topological polar surface area (TPSA) is 86.7 Å². The molecule has 20 heavy (non-hydrogen) atoms. The number of aliphatic carboxylic acids is 1. The van der Waals surface area contributed by atoms with Crippen LogP contribution in [0.5, 0.6) is 0 Å². The molecule has 2 unspecified atom stereocenters. The van der Waals surface area contributed by atoms with Crippen LogP contribution in [0.25, 0.3) is 0 Å². The van der Waals surface area contributed by atoms with E-state index < -0.39 is 12.0 Å². The Balaban J connectivity index is 2.59. The normalized spacial score (nSPS) is 20.6. The summed E-state index contributed by atoms with van der Waals surface area (Å²) < 4.78 is 0. The molecule has 0 spiro atoms. The summed E-state index contributed by atoms with van der Waals surface area (Å²) in [5, 5.41) is 11.7. The molecule has 0 radical (unpaired) electrons. The molecular weight excluding hydrogens is 260 g/mol. The molecule has 0 aromatic carbocycles. The molecule has 2 atom stereocenters. The summed E-state index contributed by atoms with van der Waals surface area (Å²) in [6.45, 7) is 6.38. The quantitative estimate of drug-likeness (QED) is 0.784. The Morgan fingerprint density at radius 2 is 2.00 bits per heavy atom. The van der Waals surface area contributed by atoms with Crippen molar-refractivity contribution in [2.45, 2.75) is 46.1 Å². The molecule has 2 N–H and O–H groups in total. The summed E-state index contributed by atoms with van der Waals surface area (Å²) in [5.74, 6) is -1.42. The van der Waals surface area contributed by atoms with Crippen molar-refractivity contribution >= 4 is 17.8 Å². The number of likely N-dealkylation sites (tertiary alicyclic amines) is 1. The second kappa shape index (κ2) is 7.26. The van der Waals surface area contributed by atoms with Gasteiger partial charge >= 0.3 is 5.97 Å². The number of hydrogen-bond donors (Lipinski definition) is 2. The van der Waals surface area contributed by atoms with Gasteiger partial charge in [0.05, 0.1) is 5.92 Å². The van der Waals surface area contributed by atoms with E-state index in [0.29, 0.717) is 25.9 Å². The fraction of sp³-hybridized carbons (Fsp3) is 0.786. The number of nitrogens with zero attached hydrogens (tertiary/aromatic N) is 1. The Morgan fingerprint density at radius 3 is 2.50 bits per heavy atom. The molecule has 114 valence electrons. The van der Waals surface area contributed by atoms with Gasteiger partial charge in [0.2, 0.25) is 11.8 Å². The molecule has 0 aliphatic carbocycles. The Bertz CT molecular complexity index is 381. The highest BCUT2D eigenvalue weighted by Crippen LogP contribution is 2.17. The maximum atomic E-state index is 12.2. The zero-order valence-electron chi connectivity index (χ0n) is 12.4. The highest BCUT2D eigenvalue weighted by atomic mass is 16.4. The number of carbonyl (C=O) groups excluding carboxylic acids is 2. The van der Waals surface area contributed by atoms with Crippen LogP contribution in [0, 0.1) is 11.8 Å². The van der Waals surface area contributed by atoms with Gasteiger partial charge in [-0.05, 0) is 25.2 Å². The number of carboxylic acids is 1. The number of amides is 2. The van der Waals surface area contributed by atoms with E-state index in [9.17, 15) is 14.4 Å². The van der Waals surface area contributed by atoms with Crippen molar-refractivity contribution < 1.29 is 19.5 Å². The number of rotatable bonds is 5. The third-order valence-electron chi connectivity index (χ3n) is 3.56. The van der Waals surface area contributed by atoms with E-state index in [1.807, 2.05) is 13.8 Å². The molecule has 1 rings (SSSR count). The highest BCUT2D eigenvalue weighted by Gasteiger charge is 2.30. The Morgan fingerprint density at radius 1 is 1.35 bits per heavy atom. The predicted molar refractivity (Wildman–Crippen MR) is 74.0 cm³/mol. The van der Waals surface area contributed by atoms with Gasteiger partial charge in [0.1, 0.15) is 6.04 Å². The minimum atomic E-state index is -1.01. The maximum Gasteiger partial charge on any atom is 0.326 e. The van der Waals surface area contributed by atoms with Crippen LogP contribution in [-0.2, 0) is 14.4 Å². The monoisotopic (exact) mass is 284 g/mol. The number of nitrogens with one attached hydrogen (secondary N) is 1. The zero-order valence-corrected chi connectivity index (χ0v) is 12.4. The van der Waals surface area contributed by atoms with E-state index in [1.165, 1.54) is 6.92 Å². The molecule has 0 saturated carbocycles. The molecule has 0 aromatic heterocycles. The van der Waals surface area contributed by atoms with Crippen molar-refractivity contribution in [1.82, 2.24) is 10.2 Å². The first-order valence-electron chi connectivity index (χ1n) is 7.10. The van der Waals surface area contributed by atoms with Gasteiger partial charge in [-0.2, -0.15) is 0 Å². The first kappa shape index (κ1) is 16.5. The Labute approximate surface area is 119 Å². The molecule has 1 saturated heterocycles. The van der Waals surface area contributed by atoms with Crippen molar-refractivity contribution in [2.75, 3.05) is 13.1 Å².